The molecule has 0 aliphatic heterocycles. The third-order valence-electron chi connectivity index (χ3n) is 0.358. The Morgan fingerprint density at radius 3 is 1.43 bits per heavy atom. The van der Waals surface area contributed by atoms with Gasteiger partial charge in [-0.3, -0.25) is 4.79 Å². The molecule has 0 fully saturated rings. The Kier molecular flexibility index (Phi) is 17.1. The average molecular weight is 215 g/mol. The van der Waals surface area contributed by atoms with E-state index in [4.69, 9.17) is 41.5 Å². The molecule has 0 radical (unpaired) electrons. The Balaban J connectivity index is -0.000000135. The van der Waals surface area contributed by atoms with E-state index in [2.05, 4.69) is 0 Å². The van der Waals surface area contributed by atoms with Gasteiger partial charge < -0.3 is 21.3 Å². The molecule has 0 bridgehead atoms. The lowest BCUT2D eigenvalue weighted by Gasteiger charge is -1.80. The number of carboxylic acid groups (broad SMARTS) is 1. The molecule has 11 nitrogen and oxygen atoms in total. The molecule has 11 heteroatoms. The smallest absolute Gasteiger partial charge is 0.304 e. The predicted molar refractivity (Wildman–Crippen MR) is 38.9 cm³/mol. The van der Waals surface area contributed by atoms with Gasteiger partial charge in [-0.15, -0.1) is 20.2 Å². The summed E-state index contributed by atoms with van der Waals surface area (Å²) in [6.45, 7) is 0.231. The van der Waals surface area contributed by atoms with E-state index >= 15 is 0 Å². The maximum absolute atomic E-state index is 9.52. The summed E-state index contributed by atoms with van der Waals surface area (Å²) in [7, 11) is 0. The quantitative estimate of drug-likeness (QED) is 0.321. The fourth-order valence-corrected chi connectivity index (χ4v) is 0.123. The van der Waals surface area contributed by atoms with Crippen molar-refractivity contribution in [2.24, 2.45) is 5.73 Å². The zero-order valence-electron chi connectivity index (χ0n) is 6.77. The number of nitrogens with two attached hydrogens (primary N) is 1. The van der Waals surface area contributed by atoms with Crippen LogP contribution >= 0.6 is 0 Å². The van der Waals surface area contributed by atoms with Gasteiger partial charge in [0.1, 0.15) is 0 Å². The van der Waals surface area contributed by atoms with Crippen molar-refractivity contribution in [3.8, 4) is 0 Å². The van der Waals surface area contributed by atoms with E-state index in [9.17, 15) is 4.79 Å². The van der Waals surface area contributed by atoms with Crippen LogP contribution in [0.15, 0.2) is 0 Å². The minimum atomic E-state index is -1.50. The first-order valence-corrected chi connectivity index (χ1v) is 2.82. The Bertz CT molecular complexity index is 161. The van der Waals surface area contributed by atoms with Gasteiger partial charge in [0.2, 0.25) is 0 Å². The van der Waals surface area contributed by atoms with Crippen LogP contribution in [0.2, 0.25) is 0 Å². The molecule has 0 aliphatic carbocycles. The summed E-state index contributed by atoms with van der Waals surface area (Å²) in [6, 6.07) is 0. The van der Waals surface area contributed by atoms with Gasteiger partial charge in [-0.2, -0.15) is 0 Å². The molecular weight excluding hydrogens is 206 g/mol. The molecular formula is C3H9N3O8. The number of aliphatic carboxylic acids is 1. The van der Waals surface area contributed by atoms with Crippen molar-refractivity contribution < 1.29 is 30.5 Å². The zero-order chi connectivity index (χ0) is 12.1. The van der Waals surface area contributed by atoms with Crippen LogP contribution in [-0.4, -0.2) is 38.2 Å². The topological polar surface area (TPSA) is 190 Å². The second kappa shape index (κ2) is 13.4. The van der Waals surface area contributed by atoms with Crippen LogP contribution in [0.25, 0.3) is 0 Å². The van der Waals surface area contributed by atoms with Gasteiger partial charge in [0.05, 0.1) is 6.42 Å². The number of carbonyl (C=O) groups is 1. The van der Waals surface area contributed by atoms with Gasteiger partial charge >= 0.3 is 5.97 Å². The summed E-state index contributed by atoms with van der Waals surface area (Å²) in [6.07, 6.45) is 0.0694. The van der Waals surface area contributed by atoms with Crippen molar-refractivity contribution in [3.63, 3.8) is 0 Å². The van der Waals surface area contributed by atoms with Crippen molar-refractivity contribution in [2.45, 2.75) is 6.42 Å². The molecule has 84 valence electrons. The summed E-state index contributed by atoms with van der Waals surface area (Å²) in [4.78, 5) is 26.2. The molecule has 5 N–H and O–H groups in total. The second-order valence-electron chi connectivity index (χ2n) is 1.41. The lowest BCUT2D eigenvalue weighted by molar-refractivity contribution is -0.742. The van der Waals surface area contributed by atoms with Crippen molar-refractivity contribution in [1.29, 1.82) is 0 Å². The summed E-state index contributed by atoms with van der Waals surface area (Å²) in [5.74, 6) is -0.836. The fourth-order valence-electron chi connectivity index (χ4n) is 0.123. The molecule has 0 aliphatic rings. The molecule has 0 aromatic rings. The molecule has 0 rings (SSSR count). The Labute approximate surface area is 76.6 Å². The van der Waals surface area contributed by atoms with Gasteiger partial charge in [-0.1, -0.05) is 0 Å². The normalized spacial score (nSPS) is 6.93. The second-order valence-corrected chi connectivity index (χ2v) is 1.41. The molecule has 0 aromatic carbocycles. The fraction of sp³-hybridized carbons (Fsp3) is 0.667. The Hall–Kier alpha value is -2.17. The molecule has 14 heavy (non-hydrogen) atoms. The maximum atomic E-state index is 9.52. The van der Waals surface area contributed by atoms with Crippen LogP contribution in [0.5, 0.6) is 0 Å². The number of hydrogen-bond acceptors (Lipinski definition) is 6. The SMILES string of the molecule is NCCC(=O)O.O=[N+]([O-])O.O=[N+]([O-])O. The molecule has 0 spiro atoms. The van der Waals surface area contributed by atoms with Crippen LogP contribution < -0.4 is 5.73 Å². The van der Waals surface area contributed by atoms with E-state index in [-0.39, 0.29) is 13.0 Å². The molecule has 0 amide bonds. The molecule has 0 unspecified atom stereocenters. The molecule has 0 aromatic heterocycles. The lowest BCUT2D eigenvalue weighted by atomic mass is 10.5. The highest BCUT2D eigenvalue weighted by molar-refractivity contribution is 5.66. The van der Waals surface area contributed by atoms with E-state index in [0.29, 0.717) is 0 Å². The highest BCUT2D eigenvalue weighted by Crippen LogP contribution is 1.67. The predicted octanol–water partition coefficient (Wildman–Crippen LogP) is -1.28. The van der Waals surface area contributed by atoms with Crippen LogP contribution in [0.4, 0.5) is 0 Å². The summed E-state index contributed by atoms with van der Waals surface area (Å²) in [5, 5.41) is 35.1. The van der Waals surface area contributed by atoms with Gasteiger partial charge in [0.15, 0.2) is 0 Å². The van der Waals surface area contributed by atoms with Crippen LogP contribution in [-0.2, 0) is 4.79 Å². The highest BCUT2D eigenvalue weighted by atomic mass is 16.9. The molecule has 0 heterocycles. The molecule has 0 saturated heterocycles. The van der Waals surface area contributed by atoms with Crippen molar-refractivity contribution in [1.82, 2.24) is 0 Å². The number of hydrogen-bond donors (Lipinski definition) is 4. The van der Waals surface area contributed by atoms with Gasteiger partial charge in [-0.05, 0) is 0 Å². The van der Waals surface area contributed by atoms with Gasteiger partial charge in [-0.25, -0.2) is 0 Å². The number of carboxylic acids is 1. The largest absolute Gasteiger partial charge is 0.481 e. The average Bonchev–Trinajstić information content (AvgIpc) is 1.82. The van der Waals surface area contributed by atoms with E-state index in [1.54, 1.807) is 0 Å². The first-order chi connectivity index (χ1) is 6.23. The third-order valence-corrected chi connectivity index (χ3v) is 0.358. The molecule has 0 atom stereocenters. The minimum absolute atomic E-state index is 0.0694. The third kappa shape index (κ3) is 1110. The van der Waals surface area contributed by atoms with Gasteiger partial charge in [0, 0.05) is 6.54 Å². The van der Waals surface area contributed by atoms with Crippen LogP contribution in [0.3, 0.4) is 0 Å². The Morgan fingerprint density at radius 2 is 1.43 bits per heavy atom. The maximum Gasteiger partial charge on any atom is 0.304 e. The van der Waals surface area contributed by atoms with Crippen molar-refractivity contribution in [2.75, 3.05) is 6.54 Å². The minimum Gasteiger partial charge on any atom is -0.481 e. The van der Waals surface area contributed by atoms with Crippen LogP contribution in [0, 0.1) is 20.2 Å². The van der Waals surface area contributed by atoms with E-state index in [1.165, 1.54) is 0 Å². The van der Waals surface area contributed by atoms with Crippen molar-refractivity contribution >= 4 is 5.97 Å². The monoisotopic (exact) mass is 215 g/mol. The standard InChI is InChI=1S/C3H7NO2.2HNO3/c4-2-1-3(5)6;2*2-1(3)4/h1-2,4H2,(H,5,6);2*(H,2,3,4). The number of rotatable bonds is 2. The van der Waals surface area contributed by atoms with Crippen LogP contribution in [0.1, 0.15) is 6.42 Å². The molecule has 0 saturated carbocycles. The van der Waals surface area contributed by atoms with Crippen molar-refractivity contribution in [3.05, 3.63) is 20.2 Å². The highest BCUT2D eigenvalue weighted by Gasteiger charge is 1.87. The first-order valence-electron chi connectivity index (χ1n) is 2.82. The Morgan fingerprint density at radius 1 is 1.21 bits per heavy atom. The zero-order valence-corrected chi connectivity index (χ0v) is 6.77. The van der Waals surface area contributed by atoms with E-state index in [1.807, 2.05) is 0 Å². The summed E-state index contributed by atoms with van der Waals surface area (Å²) in [5.41, 5.74) is 4.85. The summed E-state index contributed by atoms with van der Waals surface area (Å²) < 4.78 is 0. The first kappa shape index (κ1) is 17.8. The van der Waals surface area contributed by atoms with E-state index in [0.717, 1.165) is 0 Å². The number of nitrogens with zero attached hydrogens (tertiary/aromatic N) is 2. The van der Waals surface area contributed by atoms with Gasteiger partial charge in [0.25, 0.3) is 10.2 Å². The summed E-state index contributed by atoms with van der Waals surface area (Å²) >= 11 is 0. The van der Waals surface area contributed by atoms with E-state index < -0.39 is 16.1 Å². The lowest BCUT2D eigenvalue weighted by Crippen LogP contribution is -2.05.